The Balaban J connectivity index is 3.04. The van der Waals surface area contributed by atoms with Crippen LogP contribution in [-0.2, 0) is 10.1 Å². The molecule has 0 spiro atoms. The molecule has 0 aromatic carbocycles. The summed E-state index contributed by atoms with van der Waals surface area (Å²) >= 11 is 0. The van der Waals surface area contributed by atoms with Crippen LogP contribution in [0.4, 0.5) is 0 Å². The molecule has 0 amide bonds. The SMILES string of the molecule is CCCCCCCCCCCCCS(=O)(=O)[O-]. The van der Waals surface area contributed by atoms with Crippen molar-refractivity contribution in [1.82, 2.24) is 0 Å². The van der Waals surface area contributed by atoms with E-state index in [1.54, 1.807) is 0 Å². The van der Waals surface area contributed by atoms with E-state index in [2.05, 4.69) is 6.92 Å². The average molecular weight is 263 g/mol. The molecule has 0 rings (SSSR count). The van der Waals surface area contributed by atoms with Gasteiger partial charge in [0, 0.05) is 5.75 Å². The van der Waals surface area contributed by atoms with Crippen LogP contribution < -0.4 is 0 Å². The van der Waals surface area contributed by atoms with E-state index < -0.39 is 10.1 Å². The summed E-state index contributed by atoms with van der Waals surface area (Å²) in [5, 5.41) is 0. The van der Waals surface area contributed by atoms with Crippen molar-refractivity contribution in [2.75, 3.05) is 5.75 Å². The monoisotopic (exact) mass is 263 g/mol. The predicted octanol–water partition coefficient (Wildman–Crippen LogP) is 3.84. The van der Waals surface area contributed by atoms with Crippen molar-refractivity contribution >= 4 is 10.1 Å². The van der Waals surface area contributed by atoms with Crippen LogP contribution in [0.25, 0.3) is 0 Å². The summed E-state index contributed by atoms with van der Waals surface area (Å²) in [6, 6.07) is 0. The topological polar surface area (TPSA) is 57.2 Å². The molecule has 0 saturated heterocycles. The van der Waals surface area contributed by atoms with Crippen LogP contribution >= 0.6 is 0 Å². The predicted molar refractivity (Wildman–Crippen MR) is 71.0 cm³/mol. The molecule has 0 aliphatic carbocycles. The molecular weight excluding hydrogens is 236 g/mol. The van der Waals surface area contributed by atoms with Crippen LogP contribution in [0.3, 0.4) is 0 Å². The maximum absolute atomic E-state index is 10.3. The van der Waals surface area contributed by atoms with Crippen LogP contribution in [0.1, 0.15) is 77.6 Å². The standard InChI is InChI=1S/C13H28O3S/c1-2-3-4-5-6-7-8-9-10-11-12-13-17(14,15)16/h2-13H2,1H3,(H,14,15,16)/p-1. The van der Waals surface area contributed by atoms with E-state index in [0.717, 1.165) is 12.8 Å². The van der Waals surface area contributed by atoms with Gasteiger partial charge in [-0.2, -0.15) is 0 Å². The summed E-state index contributed by atoms with van der Waals surface area (Å²) in [6.45, 7) is 2.22. The molecule has 0 unspecified atom stereocenters. The van der Waals surface area contributed by atoms with Gasteiger partial charge in [-0.15, -0.1) is 0 Å². The van der Waals surface area contributed by atoms with E-state index >= 15 is 0 Å². The lowest BCUT2D eigenvalue weighted by molar-refractivity contribution is 0.459. The van der Waals surface area contributed by atoms with Gasteiger partial charge in [-0.25, -0.2) is 8.42 Å². The van der Waals surface area contributed by atoms with Crippen LogP contribution in [-0.4, -0.2) is 18.7 Å². The zero-order valence-corrected chi connectivity index (χ0v) is 11.9. The van der Waals surface area contributed by atoms with Crippen LogP contribution in [0.15, 0.2) is 0 Å². The van der Waals surface area contributed by atoms with Crippen LogP contribution in [0.2, 0.25) is 0 Å². The Bertz CT molecular complexity index is 247. The second-order valence-corrected chi connectivity index (χ2v) is 6.32. The molecule has 0 aromatic heterocycles. The van der Waals surface area contributed by atoms with Gasteiger partial charge in [0.15, 0.2) is 0 Å². The van der Waals surface area contributed by atoms with Crippen molar-refractivity contribution < 1.29 is 13.0 Å². The third-order valence-corrected chi connectivity index (χ3v) is 3.79. The number of hydrogen-bond acceptors (Lipinski definition) is 3. The first-order valence-corrected chi connectivity index (χ1v) is 8.57. The first-order chi connectivity index (χ1) is 8.06. The molecule has 0 saturated carbocycles. The van der Waals surface area contributed by atoms with E-state index in [-0.39, 0.29) is 5.75 Å². The quantitative estimate of drug-likeness (QED) is 0.397. The Labute approximate surface area is 107 Å². The van der Waals surface area contributed by atoms with Gasteiger partial charge >= 0.3 is 0 Å². The molecule has 0 fully saturated rings. The molecule has 0 heterocycles. The van der Waals surface area contributed by atoms with Gasteiger partial charge in [0.1, 0.15) is 0 Å². The Kier molecular flexibility index (Phi) is 11.0. The molecule has 0 atom stereocenters. The third kappa shape index (κ3) is 15.9. The smallest absolute Gasteiger partial charge is 0.0945 e. The fraction of sp³-hybridized carbons (Fsp3) is 1.00. The molecule has 0 bridgehead atoms. The zero-order chi connectivity index (χ0) is 13.0. The Hall–Kier alpha value is -0.0900. The Morgan fingerprint density at radius 2 is 1.06 bits per heavy atom. The van der Waals surface area contributed by atoms with Gasteiger partial charge in [-0.05, 0) is 6.42 Å². The number of unbranched alkanes of at least 4 members (excludes halogenated alkanes) is 10. The minimum atomic E-state index is -3.98. The van der Waals surface area contributed by atoms with Crippen molar-refractivity contribution in [2.24, 2.45) is 0 Å². The first-order valence-electron chi connectivity index (χ1n) is 7.00. The van der Waals surface area contributed by atoms with Gasteiger partial charge < -0.3 is 4.55 Å². The maximum Gasteiger partial charge on any atom is 0.0945 e. The highest BCUT2D eigenvalue weighted by Crippen LogP contribution is 2.11. The highest BCUT2D eigenvalue weighted by molar-refractivity contribution is 7.85. The van der Waals surface area contributed by atoms with Gasteiger partial charge in [-0.1, -0.05) is 71.1 Å². The molecule has 0 N–H and O–H groups in total. The van der Waals surface area contributed by atoms with E-state index in [9.17, 15) is 13.0 Å². The molecule has 3 nitrogen and oxygen atoms in total. The van der Waals surface area contributed by atoms with Crippen molar-refractivity contribution in [3.05, 3.63) is 0 Å². The van der Waals surface area contributed by atoms with Crippen LogP contribution in [0.5, 0.6) is 0 Å². The third-order valence-electron chi connectivity index (χ3n) is 3.00. The van der Waals surface area contributed by atoms with E-state index in [1.807, 2.05) is 0 Å². The summed E-state index contributed by atoms with van der Waals surface area (Å²) in [5.74, 6) is -0.190. The summed E-state index contributed by atoms with van der Waals surface area (Å²) in [6.07, 6.45) is 12.9. The van der Waals surface area contributed by atoms with Gasteiger partial charge in [-0.3, -0.25) is 0 Å². The Morgan fingerprint density at radius 3 is 1.41 bits per heavy atom. The van der Waals surface area contributed by atoms with E-state index in [4.69, 9.17) is 0 Å². The van der Waals surface area contributed by atoms with Crippen LogP contribution in [0, 0.1) is 0 Å². The van der Waals surface area contributed by atoms with Crippen molar-refractivity contribution in [3.8, 4) is 0 Å². The van der Waals surface area contributed by atoms with Crippen molar-refractivity contribution in [3.63, 3.8) is 0 Å². The van der Waals surface area contributed by atoms with Crippen molar-refractivity contribution in [2.45, 2.75) is 77.6 Å². The normalized spacial score (nSPS) is 11.9. The molecule has 104 valence electrons. The summed E-state index contributed by atoms with van der Waals surface area (Å²) in [7, 11) is -3.98. The molecule has 0 aromatic rings. The van der Waals surface area contributed by atoms with E-state index in [0.29, 0.717) is 6.42 Å². The number of rotatable bonds is 12. The van der Waals surface area contributed by atoms with Gasteiger partial charge in [0.25, 0.3) is 0 Å². The van der Waals surface area contributed by atoms with Gasteiger partial charge in [0.05, 0.1) is 10.1 Å². The summed E-state index contributed by atoms with van der Waals surface area (Å²) in [4.78, 5) is 0. The molecule has 4 heteroatoms. The zero-order valence-electron chi connectivity index (χ0n) is 11.1. The highest BCUT2D eigenvalue weighted by Gasteiger charge is 1.96. The molecule has 17 heavy (non-hydrogen) atoms. The lowest BCUT2D eigenvalue weighted by Crippen LogP contribution is -2.03. The van der Waals surface area contributed by atoms with Gasteiger partial charge in [0.2, 0.25) is 0 Å². The minimum Gasteiger partial charge on any atom is -0.748 e. The fourth-order valence-corrected chi connectivity index (χ4v) is 2.50. The summed E-state index contributed by atoms with van der Waals surface area (Å²) < 4.78 is 31.0. The molecule has 0 aliphatic heterocycles. The number of hydrogen-bond donors (Lipinski definition) is 0. The largest absolute Gasteiger partial charge is 0.748 e. The summed E-state index contributed by atoms with van der Waals surface area (Å²) in [5.41, 5.74) is 0. The average Bonchev–Trinajstić information content (AvgIpc) is 2.24. The first kappa shape index (κ1) is 16.9. The Morgan fingerprint density at radius 1 is 0.706 bits per heavy atom. The second kappa shape index (κ2) is 11.0. The molecular formula is C13H27O3S-. The minimum absolute atomic E-state index is 0.190. The molecule has 0 aliphatic rings. The molecule has 0 radical (unpaired) electrons. The van der Waals surface area contributed by atoms with Crippen molar-refractivity contribution in [1.29, 1.82) is 0 Å². The van der Waals surface area contributed by atoms with E-state index in [1.165, 1.54) is 51.4 Å². The maximum atomic E-state index is 10.3. The highest BCUT2D eigenvalue weighted by atomic mass is 32.2. The second-order valence-electron chi connectivity index (χ2n) is 4.80. The fourth-order valence-electron chi connectivity index (χ4n) is 1.94. The lowest BCUT2D eigenvalue weighted by atomic mass is 10.1. The lowest BCUT2D eigenvalue weighted by Gasteiger charge is -2.06.